The highest BCUT2D eigenvalue weighted by atomic mass is 14.9. The van der Waals surface area contributed by atoms with Gasteiger partial charge in [-0.2, -0.15) is 0 Å². The second kappa shape index (κ2) is 2.70. The third kappa shape index (κ3) is 1.68. The lowest BCUT2D eigenvalue weighted by atomic mass is 9.85. The van der Waals surface area contributed by atoms with Crippen molar-refractivity contribution >= 4 is 0 Å². The Morgan fingerprint density at radius 3 is 2.78 bits per heavy atom. The molecule has 1 heteroatoms. The van der Waals surface area contributed by atoms with Crippen LogP contribution in [0.15, 0.2) is 0 Å². The van der Waals surface area contributed by atoms with Gasteiger partial charge in [0.1, 0.15) is 0 Å². The SMILES string of the molecule is CCC[C@]1(C)CCNC1. The van der Waals surface area contributed by atoms with Gasteiger partial charge in [0.15, 0.2) is 0 Å². The highest BCUT2D eigenvalue weighted by molar-refractivity contribution is 4.82. The van der Waals surface area contributed by atoms with Crippen LogP contribution in [0.1, 0.15) is 33.1 Å². The molecule has 1 aliphatic rings. The van der Waals surface area contributed by atoms with E-state index in [1.165, 1.54) is 32.4 Å². The van der Waals surface area contributed by atoms with E-state index >= 15 is 0 Å². The Morgan fingerprint density at radius 2 is 2.33 bits per heavy atom. The Hall–Kier alpha value is -0.0400. The molecule has 1 aliphatic heterocycles. The van der Waals surface area contributed by atoms with Gasteiger partial charge in [-0.15, -0.1) is 0 Å². The summed E-state index contributed by atoms with van der Waals surface area (Å²) in [5.41, 5.74) is 0.634. The maximum atomic E-state index is 3.40. The van der Waals surface area contributed by atoms with Gasteiger partial charge < -0.3 is 5.32 Å². The fraction of sp³-hybridized carbons (Fsp3) is 1.00. The lowest BCUT2D eigenvalue weighted by Gasteiger charge is -2.20. The lowest BCUT2D eigenvalue weighted by Crippen LogP contribution is -2.19. The van der Waals surface area contributed by atoms with Gasteiger partial charge in [-0.05, 0) is 24.8 Å². The summed E-state index contributed by atoms with van der Waals surface area (Å²) in [7, 11) is 0. The zero-order valence-electron chi connectivity index (χ0n) is 6.54. The third-order valence-corrected chi connectivity index (χ3v) is 2.31. The number of nitrogens with one attached hydrogen (secondary N) is 1. The Bertz CT molecular complexity index is 82.6. The zero-order chi connectivity index (χ0) is 6.74. The molecule has 0 bridgehead atoms. The van der Waals surface area contributed by atoms with E-state index < -0.39 is 0 Å². The van der Waals surface area contributed by atoms with Gasteiger partial charge in [0.2, 0.25) is 0 Å². The summed E-state index contributed by atoms with van der Waals surface area (Å²) in [4.78, 5) is 0. The summed E-state index contributed by atoms with van der Waals surface area (Å²) in [6.07, 6.45) is 4.10. The van der Waals surface area contributed by atoms with Crippen LogP contribution in [0.4, 0.5) is 0 Å². The van der Waals surface area contributed by atoms with Crippen LogP contribution >= 0.6 is 0 Å². The minimum atomic E-state index is 0.634. The molecule has 9 heavy (non-hydrogen) atoms. The maximum Gasteiger partial charge on any atom is 0.000564 e. The van der Waals surface area contributed by atoms with Crippen LogP contribution in [-0.2, 0) is 0 Å². The first-order valence-corrected chi connectivity index (χ1v) is 3.97. The molecule has 1 atom stereocenters. The molecule has 0 spiro atoms. The molecular weight excluding hydrogens is 110 g/mol. The van der Waals surface area contributed by atoms with Crippen LogP contribution in [-0.4, -0.2) is 13.1 Å². The molecule has 0 radical (unpaired) electrons. The summed E-state index contributed by atoms with van der Waals surface area (Å²) in [5, 5.41) is 3.40. The molecule has 1 N–H and O–H groups in total. The Kier molecular flexibility index (Phi) is 2.12. The Balaban J connectivity index is 2.32. The minimum Gasteiger partial charge on any atom is -0.316 e. The average molecular weight is 127 g/mol. The minimum absolute atomic E-state index is 0.634. The molecule has 0 amide bonds. The van der Waals surface area contributed by atoms with E-state index in [0.29, 0.717) is 5.41 Å². The monoisotopic (exact) mass is 127 g/mol. The molecule has 0 aromatic heterocycles. The first-order valence-electron chi connectivity index (χ1n) is 3.97. The molecule has 0 unspecified atom stereocenters. The van der Waals surface area contributed by atoms with Crippen molar-refractivity contribution in [1.82, 2.24) is 5.32 Å². The van der Waals surface area contributed by atoms with Crippen molar-refractivity contribution in [3.05, 3.63) is 0 Å². The van der Waals surface area contributed by atoms with Crippen LogP contribution in [0.5, 0.6) is 0 Å². The average Bonchev–Trinajstić information content (AvgIpc) is 2.16. The number of hydrogen-bond donors (Lipinski definition) is 1. The lowest BCUT2D eigenvalue weighted by molar-refractivity contribution is 0.331. The van der Waals surface area contributed by atoms with Crippen LogP contribution < -0.4 is 5.32 Å². The summed E-state index contributed by atoms with van der Waals surface area (Å²) >= 11 is 0. The summed E-state index contributed by atoms with van der Waals surface area (Å²) in [6.45, 7) is 7.12. The second-order valence-corrected chi connectivity index (χ2v) is 3.49. The fourth-order valence-electron chi connectivity index (χ4n) is 1.69. The molecule has 0 saturated carbocycles. The van der Waals surface area contributed by atoms with Crippen molar-refractivity contribution in [2.45, 2.75) is 33.1 Å². The molecule has 1 fully saturated rings. The predicted molar refractivity (Wildman–Crippen MR) is 40.5 cm³/mol. The molecule has 0 aromatic carbocycles. The summed E-state index contributed by atoms with van der Waals surface area (Å²) in [6, 6.07) is 0. The Labute approximate surface area is 57.8 Å². The van der Waals surface area contributed by atoms with E-state index in [1.807, 2.05) is 0 Å². The molecule has 0 aliphatic carbocycles. The number of rotatable bonds is 2. The van der Waals surface area contributed by atoms with Gasteiger partial charge in [0, 0.05) is 6.54 Å². The largest absolute Gasteiger partial charge is 0.316 e. The van der Waals surface area contributed by atoms with Crippen molar-refractivity contribution in [3.8, 4) is 0 Å². The molecule has 1 saturated heterocycles. The van der Waals surface area contributed by atoms with Gasteiger partial charge in [0.25, 0.3) is 0 Å². The topological polar surface area (TPSA) is 12.0 Å². The van der Waals surface area contributed by atoms with Crippen molar-refractivity contribution in [1.29, 1.82) is 0 Å². The number of hydrogen-bond acceptors (Lipinski definition) is 1. The van der Waals surface area contributed by atoms with E-state index in [9.17, 15) is 0 Å². The molecule has 1 nitrogen and oxygen atoms in total. The summed E-state index contributed by atoms with van der Waals surface area (Å²) in [5.74, 6) is 0. The van der Waals surface area contributed by atoms with Gasteiger partial charge >= 0.3 is 0 Å². The van der Waals surface area contributed by atoms with Crippen molar-refractivity contribution in [2.24, 2.45) is 5.41 Å². The van der Waals surface area contributed by atoms with Crippen LogP contribution in [0.2, 0.25) is 0 Å². The quantitative estimate of drug-likeness (QED) is 0.596. The molecule has 0 aromatic rings. The van der Waals surface area contributed by atoms with Crippen LogP contribution in [0.25, 0.3) is 0 Å². The van der Waals surface area contributed by atoms with Gasteiger partial charge in [-0.1, -0.05) is 20.3 Å². The molecular formula is C8H17N. The van der Waals surface area contributed by atoms with E-state index in [4.69, 9.17) is 0 Å². The fourth-order valence-corrected chi connectivity index (χ4v) is 1.69. The van der Waals surface area contributed by atoms with E-state index in [-0.39, 0.29) is 0 Å². The van der Waals surface area contributed by atoms with E-state index in [0.717, 1.165) is 0 Å². The molecule has 54 valence electrons. The zero-order valence-corrected chi connectivity index (χ0v) is 6.54. The van der Waals surface area contributed by atoms with Gasteiger partial charge in [-0.3, -0.25) is 0 Å². The predicted octanol–water partition coefficient (Wildman–Crippen LogP) is 1.79. The normalized spacial score (nSPS) is 35.3. The van der Waals surface area contributed by atoms with E-state index in [1.54, 1.807) is 0 Å². The van der Waals surface area contributed by atoms with Crippen molar-refractivity contribution in [2.75, 3.05) is 13.1 Å². The van der Waals surface area contributed by atoms with Crippen molar-refractivity contribution < 1.29 is 0 Å². The molecule has 1 rings (SSSR count). The third-order valence-electron chi connectivity index (χ3n) is 2.31. The summed E-state index contributed by atoms with van der Waals surface area (Å²) < 4.78 is 0. The molecule has 1 heterocycles. The second-order valence-electron chi connectivity index (χ2n) is 3.49. The highest BCUT2D eigenvalue weighted by Gasteiger charge is 2.26. The van der Waals surface area contributed by atoms with Crippen LogP contribution in [0.3, 0.4) is 0 Å². The smallest absolute Gasteiger partial charge is 0.000564 e. The van der Waals surface area contributed by atoms with E-state index in [2.05, 4.69) is 19.2 Å². The highest BCUT2D eigenvalue weighted by Crippen LogP contribution is 2.29. The first-order chi connectivity index (χ1) is 4.27. The maximum absolute atomic E-state index is 3.40. The van der Waals surface area contributed by atoms with Gasteiger partial charge in [-0.25, -0.2) is 0 Å². The van der Waals surface area contributed by atoms with Gasteiger partial charge in [0.05, 0.1) is 0 Å². The first kappa shape index (κ1) is 7.07. The Morgan fingerprint density at radius 1 is 1.56 bits per heavy atom. The standard InChI is InChI=1S/C8H17N/c1-3-4-8(2)5-6-9-7-8/h9H,3-7H2,1-2H3/t8-/m1/s1. The van der Waals surface area contributed by atoms with Crippen LogP contribution in [0, 0.1) is 5.41 Å². The van der Waals surface area contributed by atoms with Crippen molar-refractivity contribution in [3.63, 3.8) is 0 Å².